The van der Waals surface area contributed by atoms with Crippen LogP contribution in [0.15, 0.2) is 65.2 Å². The van der Waals surface area contributed by atoms with Gasteiger partial charge in [-0.15, -0.1) is 4.36 Å². The molecule has 1 aromatic heterocycles. The lowest BCUT2D eigenvalue weighted by Gasteiger charge is -2.43. The number of ether oxygens (including phenoxy) is 2. The molecule has 0 saturated heterocycles. The molecule has 1 saturated carbocycles. The fraction of sp³-hybridized carbons (Fsp3) is 0.500. The van der Waals surface area contributed by atoms with E-state index in [-0.39, 0.29) is 23.3 Å². The van der Waals surface area contributed by atoms with Gasteiger partial charge >= 0.3 is 0 Å². The van der Waals surface area contributed by atoms with Crippen LogP contribution in [0.3, 0.4) is 0 Å². The van der Waals surface area contributed by atoms with Crippen LogP contribution in [0.25, 0.3) is 0 Å². The Bertz CT molecular complexity index is 1970. The maximum atomic E-state index is 14.7. The summed E-state index contributed by atoms with van der Waals surface area (Å²) >= 11 is 6.47. The number of amides is 2. The van der Waals surface area contributed by atoms with E-state index in [0.29, 0.717) is 67.1 Å². The smallest absolute Gasteiger partial charge is 0.286 e. The molecule has 1 unspecified atom stereocenters. The lowest BCUT2D eigenvalue weighted by molar-refractivity contribution is 0.0133. The number of carbonyl (C=O) groups excluding carboxylic acids is 2. The van der Waals surface area contributed by atoms with Gasteiger partial charge in [-0.1, -0.05) is 36.7 Å². The minimum Gasteiger partial charge on any atom is -0.491 e. The predicted molar refractivity (Wildman–Crippen MR) is 203 cm³/mol. The third-order valence-corrected chi connectivity index (χ3v) is 13.3. The van der Waals surface area contributed by atoms with Gasteiger partial charge in [-0.05, 0) is 110 Å². The molecule has 1 fully saturated rings. The van der Waals surface area contributed by atoms with E-state index < -0.39 is 27.8 Å². The molecular weight excluding hydrogens is 700 g/mol. The molecule has 2 amide bonds. The molecule has 12 heteroatoms. The molecule has 2 bridgehead atoms. The Labute approximate surface area is 311 Å². The number of carbonyl (C=O) groups is 2. The van der Waals surface area contributed by atoms with Crippen LogP contribution < -0.4 is 14.4 Å². The summed E-state index contributed by atoms with van der Waals surface area (Å²) in [7, 11) is -1.81. The van der Waals surface area contributed by atoms with Gasteiger partial charge in [-0.25, -0.2) is 4.21 Å². The molecule has 0 spiro atoms. The first kappa shape index (κ1) is 36.7. The highest BCUT2D eigenvalue weighted by molar-refractivity contribution is 7.92. The van der Waals surface area contributed by atoms with Gasteiger partial charge in [0.1, 0.15) is 15.7 Å². The number of aliphatic hydroxyl groups excluding tert-OH is 1. The molecule has 7 rings (SSSR count). The van der Waals surface area contributed by atoms with E-state index in [4.69, 9.17) is 21.1 Å². The molecular formula is C40H49ClN4O6S. The topological polar surface area (TPSA) is 122 Å². The second-order valence-corrected chi connectivity index (χ2v) is 17.4. The quantitative estimate of drug-likeness (QED) is 0.284. The molecule has 10 nitrogen and oxygen atoms in total. The summed E-state index contributed by atoms with van der Waals surface area (Å²) in [5.74, 6) is -0.0471. The largest absolute Gasteiger partial charge is 0.491 e. The molecule has 52 heavy (non-hydrogen) atoms. The van der Waals surface area contributed by atoms with Gasteiger partial charge < -0.3 is 24.0 Å². The Hall–Kier alpha value is -3.64. The Morgan fingerprint density at radius 1 is 1.12 bits per heavy atom. The van der Waals surface area contributed by atoms with Crippen LogP contribution in [0.2, 0.25) is 5.02 Å². The molecule has 0 radical (unpaired) electrons. The molecule has 6 atom stereocenters. The summed E-state index contributed by atoms with van der Waals surface area (Å²) < 4.78 is 36.0. The van der Waals surface area contributed by atoms with Gasteiger partial charge in [-0.2, -0.15) is 0 Å². The van der Waals surface area contributed by atoms with E-state index in [1.807, 2.05) is 23.6 Å². The molecule has 278 valence electrons. The van der Waals surface area contributed by atoms with E-state index in [1.54, 1.807) is 31.5 Å². The summed E-state index contributed by atoms with van der Waals surface area (Å²) in [4.78, 5) is 30.0. The average molecular weight is 749 g/mol. The number of nitrogens with zero attached hydrogens (tertiary/aromatic N) is 3. The number of halogens is 1. The SMILES string of the molecule is CO[C@H]1/C=C/C[C@H](C)C[S@@](=O)(NC(=O)c2cc3n(c2)CCC(O)C3)=NC(=O)c2ccc3c(c2)N(Cc2ccc(Cl)cc2CCCCO3)C[C@@H]2CC[C@H]21. The van der Waals surface area contributed by atoms with E-state index >= 15 is 0 Å². The fourth-order valence-electron chi connectivity index (χ4n) is 8.07. The zero-order valence-corrected chi connectivity index (χ0v) is 31.5. The number of fused-ring (bicyclic) bond motifs is 4. The van der Waals surface area contributed by atoms with E-state index in [9.17, 15) is 18.9 Å². The minimum atomic E-state index is -3.56. The number of aryl methyl sites for hydroxylation is 2. The highest BCUT2D eigenvalue weighted by Crippen LogP contribution is 2.42. The first-order valence-corrected chi connectivity index (χ1v) is 20.6. The summed E-state index contributed by atoms with van der Waals surface area (Å²) in [6, 6.07) is 13.1. The molecule has 2 N–H and O–H groups in total. The summed E-state index contributed by atoms with van der Waals surface area (Å²) in [5.41, 5.74) is 4.59. The van der Waals surface area contributed by atoms with Crippen molar-refractivity contribution in [2.24, 2.45) is 22.1 Å². The Balaban J connectivity index is 1.29. The van der Waals surface area contributed by atoms with Crippen LogP contribution in [0.4, 0.5) is 5.69 Å². The fourth-order valence-corrected chi connectivity index (χ4v) is 10.2. The standard InChI is InChI=1S/C40H49ClN4O6S/c1-26-6-5-8-37(50-2)35-13-10-30(35)23-45-22-29-9-12-32(41)18-27(29)7-3-4-17-51-38-14-11-28(20-36(38)45)39(47)42-52(49,25-26)43-40(48)31-19-33-21-34(46)15-16-44(33)24-31/h5,8-9,11-12,14,18-20,24,26,30,34-35,37,46H,3-4,6-7,10,13,15-17,21-23,25H2,1-2H3,(H,42,43,47,48,49)/b8-5+/t26-,30-,34?,35+,37-,52-/m0/s1. The second kappa shape index (κ2) is 15.8. The van der Waals surface area contributed by atoms with Crippen molar-refractivity contribution in [1.29, 1.82) is 0 Å². The molecule has 3 aliphatic heterocycles. The van der Waals surface area contributed by atoms with E-state index in [2.05, 4.69) is 38.3 Å². The summed E-state index contributed by atoms with van der Waals surface area (Å²) in [6.45, 7) is 4.39. The third-order valence-electron chi connectivity index (χ3n) is 11.1. The first-order valence-electron chi connectivity index (χ1n) is 18.5. The van der Waals surface area contributed by atoms with E-state index in [1.165, 1.54) is 11.1 Å². The number of methoxy groups -OCH3 is 1. The van der Waals surface area contributed by atoms with Crippen LogP contribution >= 0.6 is 11.6 Å². The lowest BCUT2D eigenvalue weighted by atomic mass is 9.70. The summed E-state index contributed by atoms with van der Waals surface area (Å²) in [6.07, 6.45) is 11.8. The highest BCUT2D eigenvalue weighted by atomic mass is 35.5. The lowest BCUT2D eigenvalue weighted by Crippen LogP contribution is -2.43. The van der Waals surface area contributed by atoms with Crippen molar-refractivity contribution in [3.8, 4) is 5.75 Å². The number of benzene rings is 2. The third kappa shape index (κ3) is 8.28. The van der Waals surface area contributed by atoms with Gasteiger partial charge in [0.05, 0.1) is 35.8 Å². The predicted octanol–water partition coefficient (Wildman–Crippen LogP) is 6.76. The first-order chi connectivity index (χ1) is 25.1. The number of aromatic nitrogens is 1. The van der Waals surface area contributed by atoms with Gasteiger partial charge in [-0.3, -0.25) is 14.3 Å². The van der Waals surface area contributed by atoms with Gasteiger partial charge in [0.15, 0.2) is 0 Å². The zero-order valence-electron chi connectivity index (χ0n) is 30.0. The molecule has 3 aromatic rings. The monoisotopic (exact) mass is 748 g/mol. The normalized spacial score (nSPS) is 28.7. The molecule has 2 aromatic carbocycles. The molecule has 4 heterocycles. The van der Waals surface area contributed by atoms with Crippen molar-refractivity contribution in [3.63, 3.8) is 0 Å². The Morgan fingerprint density at radius 3 is 2.79 bits per heavy atom. The van der Waals surface area contributed by atoms with Gasteiger partial charge in [0.2, 0.25) is 0 Å². The number of anilines is 1. The molecule has 4 aliphatic rings. The Morgan fingerprint density at radius 2 is 1.98 bits per heavy atom. The average Bonchev–Trinajstić information content (AvgIpc) is 3.51. The van der Waals surface area contributed by atoms with Crippen molar-refractivity contribution < 1.29 is 28.4 Å². The van der Waals surface area contributed by atoms with Crippen molar-refractivity contribution in [3.05, 3.63) is 93.8 Å². The van der Waals surface area contributed by atoms with Crippen LogP contribution in [0, 0.1) is 17.8 Å². The highest BCUT2D eigenvalue weighted by Gasteiger charge is 2.38. The Kier molecular flexibility index (Phi) is 11.1. The number of allylic oxidation sites excluding steroid dienone is 1. The number of aliphatic hydroxyl groups is 1. The van der Waals surface area contributed by atoms with Crippen LogP contribution in [0.1, 0.15) is 83.0 Å². The van der Waals surface area contributed by atoms with Crippen molar-refractivity contribution in [1.82, 2.24) is 9.29 Å². The second-order valence-electron chi connectivity index (χ2n) is 14.9. The number of hydrogen-bond acceptors (Lipinski definition) is 7. The number of rotatable bonds is 3. The van der Waals surface area contributed by atoms with Gasteiger partial charge in [0.25, 0.3) is 11.8 Å². The van der Waals surface area contributed by atoms with Crippen LogP contribution in [-0.4, -0.2) is 63.9 Å². The van der Waals surface area contributed by atoms with Crippen LogP contribution in [0.5, 0.6) is 5.75 Å². The van der Waals surface area contributed by atoms with Gasteiger partial charge in [0, 0.05) is 55.6 Å². The van der Waals surface area contributed by atoms with Crippen molar-refractivity contribution in [2.45, 2.75) is 83.6 Å². The number of hydrogen-bond donors (Lipinski definition) is 2. The molecule has 1 aliphatic carbocycles. The van der Waals surface area contributed by atoms with Crippen molar-refractivity contribution >= 4 is 39.0 Å². The maximum Gasteiger partial charge on any atom is 0.286 e. The summed E-state index contributed by atoms with van der Waals surface area (Å²) in [5, 5.41) is 10.8. The van der Waals surface area contributed by atoms with Crippen molar-refractivity contribution in [2.75, 3.05) is 30.9 Å². The maximum absolute atomic E-state index is 14.7. The zero-order chi connectivity index (χ0) is 36.4. The minimum absolute atomic E-state index is 0.00960. The van der Waals surface area contributed by atoms with Crippen LogP contribution in [-0.2, 0) is 40.6 Å². The number of nitrogens with one attached hydrogen (secondary N) is 1. The van der Waals surface area contributed by atoms with E-state index in [0.717, 1.165) is 50.0 Å².